The lowest BCUT2D eigenvalue weighted by Gasteiger charge is -2.12. The molecule has 0 spiro atoms. The van der Waals surface area contributed by atoms with E-state index in [4.69, 9.17) is 15.2 Å². The second kappa shape index (κ2) is 5.84. The van der Waals surface area contributed by atoms with Gasteiger partial charge in [0.2, 0.25) is 0 Å². The van der Waals surface area contributed by atoms with E-state index in [1.807, 2.05) is 0 Å². The van der Waals surface area contributed by atoms with Gasteiger partial charge in [-0.2, -0.15) is 0 Å². The Morgan fingerprint density at radius 3 is 2.72 bits per heavy atom. The van der Waals surface area contributed by atoms with Crippen molar-refractivity contribution in [2.45, 2.75) is 25.0 Å². The second-order valence-electron chi connectivity index (χ2n) is 4.28. The Hall–Kier alpha value is -1.59. The first-order valence-corrected chi connectivity index (χ1v) is 6.03. The van der Waals surface area contributed by atoms with Crippen LogP contribution in [0.1, 0.15) is 12.8 Å². The standard InChI is InChI=1S/C13H18N2O3/c1-17-10-4-2-9(3-5-10)15-13(16)12-7-6-11(8-14)18-12/h2-5,11-12H,6-8,14H2,1H3,(H,15,16)/t11-,12+/m1/s1. The van der Waals surface area contributed by atoms with Crippen molar-refractivity contribution in [1.29, 1.82) is 0 Å². The maximum absolute atomic E-state index is 11.9. The van der Waals surface area contributed by atoms with Gasteiger partial charge in [-0.1, -0.05) is 0 Å². The van der Waals surface area contributed by atoms with Crippen LogP contribution >= 0.6 is 0 Å². The topological polar surface area (TPSA) is 73.6 Å². The van der Waals surface area contributed by atoms with E-state index < -0.39 is 0 Å². The molecule has 2 atom stereocenters. The van der Waals surface area contributed by atoms with Crippen LogP contribution in [0.4, 0.5) is 5.69 Å². The first-order chi connectivity index (χ1) is 8.72. The van der Waals surface area contributed by atoms with Crippen LogP contribution in [0.5, 0.6) is 5.75 Å². The average Bonchev–Trinajstić information content (AvgIpc) is 2.88. The Bertz CT molecular complexity index is 405. The van der Waals surface area contributed by atoms with E-state index in [1.54, 1.807) is 31.4 Å². The highest BCUT2D eigenvalue weighted by atomic mass is 16.5. The third-order valence-electron chi connectivity index (χ3n) is 3.02. The van der Waals surface area contributed by atoms with Crippen LogP contribution in [-0.2, 0) is 9.53 Å². The van der Waals surface area contributed by atoms with Crippen molar-refractivity contribution in [1.82, 2.24) is 0 Å². The molecule has 1 fully saturated rings. The van der Waals surface area contributed by atoms with Gasteiger partial charge in [-0.15, -0.1) is 0 Å². The number of hydrogen-bond acceptors (Lipinski definition) is 4. The lowest BCUT2D eigenvalue weighted by atomic mass is 10.2. The number of methoxy groups -OCH3 is 1. The van der Waals surface area contributed by atoms with Crippen molar-refractivity contribution in [3.05, 3.63) is 24.3 Å². The number of rotatable bonds is 4. The Labute approximate surface area is 106 Å². The number of hydrogen-bond donors (Lipinski definition) is 2. The fourth-order valence-corrected chi connectivity index (χ4v) is 1.97. The third kappa shape index (κ3) is 3.00. The zero-order valence-electron chi connectivity index (χ0n) is 10.4. The Kier molecular flexibility index (Phi) is 4.17. The van der Waals surface area contributed by atoms with Crippen LogP contribution in [0.2, 0.25) is 0 Å². The van der Waals surface area contributed by atoms with Gasteiger partial charge < -0.3 is 20.5 Å². The predicted molar refractivity (Wildman–Crippen MR) is 68.6 cm³/mol. The van der Waals surface area contributed by atoms with Gasteiger partial charge in [-0.25, -0.2) is 0 Å². The molecule has 0 aliphatic carbocycles. The molecule has 0 aromatic heterocycles. The minimum Gasteiger partial charge on any atom is -0.497 e. The van der Waals surface area contributed by atoms with Crippen LogP contribution in [-0.4, -0.2) is 31.8 Å². The lowest BCUT2D eigenvalue weighted by molar-refractivity contribution is -0.126. The van der Waals surface area contributed by atoms with E-state index in [2.05, 4.69) is 5.32 Å². The monoisotopic (exact) mass is 250 g/mol. The third-order valence-corrected chi connectivity index (χ3v) is 3.02. The van der Waals surface area contributed by atoms with Gasteiger partial charge in [0, 0.05) is 12.2 Å². The van der Waals surface area contributed by atoms with Crippen molar-refractivity contribution < 1.29 is 14.3 Å². The van der Waals surface area contributed by atoms with Gasteiger partial charge in [-0.05, 0) is 37.1 Å². The maximum Gasteiger partial charge on any atom is 0.253 e. The first kappa shape index (κ1) is 12.9. The van der Waals surface area contributed by atoms with Crippen molar-refractivity contribution in [2.75, 3.05) is 19.0 Å². The van der Waals surface area contributed by atoms with E-state index in [9.17, 15) is 4.79 Å². The van der Waals surface area contributed by atoms with Crippen LogP contribution in [0.15, 0.2) is 24.3 Å². The number of nitrogens with two attached hydrogens (primary N) is 1. The summed E-state index contributed by atoms with van der Waals surface area (Å²) in [5.41, 5.74) is 6.25. The fourth-order valence-electron chi connectivity index (χ4n) is 1.97. The maximum atomic E-state index is 11.9. The van der Waals surface area contributed by atoms with Crippen molar-refractivity contribution >= 4 is 11.6 Å². The molecule has 1 aromatic rings. The highest BCUT2D eigenvalue weighted by Gasteiger charge is 2.29. The van der Waals surface area contributed by atoms with Crippen LogP contribution < -0.4 is 15.8 Å². The van der Waals surface area contributed by atoms with Crippen LogP contribution in [0.3, 0.4) is 0 Å². The first-order valence-electron chi connectivity index (χ1n) is 6.03. The molecule has 1 aromatic carbocycles. The highest BCUT2D eigenvalue weighted by Crippen LogP contribution is 2.21. The zero-order valence-corrected chi connectivity index (χ0v) is 10.4. The summed E-state index contributed by atoms with van der Waals surface area (Å²) in [5.74, 6) is 0.643. The Morgan fingerprint density at radius 1 is 1.44 bits per heavy atom. The normalized spacial score (nSPS) is 22.8. The molecule has 1 heterocycles. The predicted octanol–water partition coefficient (Wildman–Crippen LogP) is 1.14. The summed E-state index contributed by atoms with van der Waals surface area (Å²) in [6.45, 7) is 0.465. The summed E-state index contributed by atoms with van der Waals surface area (Å²) in [6.07, 6.45) is 1.19. The Morgan fingerprint density at radius 2 is 2.17 bits per heavy atom. The minimum atomic E-state index is -0.388. The molecule has 0 bridgehead atoms. The minimum absolute atomic E-state index is 0.0108. The quantitative estimate of drug-likeness (QED) is 0.840. The smallest absolute Gasteiger partial charge is 0.253 e. The molecule has 0 radical (unpaired) electrons. The van der Waals surface area contributed by atoms with Crippen molar-refractivity contribution in [3.8, 4) is 5.75 Å². The summed E-state index contributed by atoms with van der Waals surface area (Å²) in [4.78, 5) is 11.9. The molecule has 1 saturated heterocycles. The van der Waals surface area contributed by atoms with Gasteiger partial charge in [0.1, 0.15) is 11.9 Å². The number of nitrogens with one attached hydrogen (secondary N) is 1. The number of ether oxygens (including phenoxy) is 2. The molecule has 98 valence electrons. The lowest BCUT2D eigenvalue weighted by Crippen LogP contribution is -2.29. The number of anilines is 1. The van der Waals surface area contributed by atoms with E-state index in [0.717, 1.165) is 24.3 Å². The largest absolute Gasteiger partial charge is 0.497 e. The molecule has 1 aliphatic heterocycles. The molecule has 18 heavy (non-hydrogen) atoms. The van der Waals surface area contributed by atoms with Gasteiger partial charge in [0.15, 0.2) is 0 Å². The summed E-state index contributed by atoms with van der Waals surface area (Å²) < 4.78 is 10.6. The summed E-state index contributed by atoms with van der Waals surface area (Å²) in [5, 5.41) is 2.82. The fraction of sp³-hybridized carbons (Fsp3) is 0.462. The highest BCUT2D eigenvalue weighted by molar-refractivity contribution is 5.94. The van der Waals surface area contributed by atoms with Gasteiger partial charge in [0.05, 0.1) is 13.2 Å². The van der Waals surface area contributed by atoms with Gasteiger partial charge >= 0.3 is 0 Å². The van der Waals surface area contributed by atoms with Crippen molar-refractivity contribution in [3.63, 3.8) is 0 Å². The summed E-state index contributed by atoms with van der Waals surface area (Å²) in [7, 11) is 1.60. The molecule has 2 rings (SSSR count). The number of carbonyl (C=O) groups excluding carboxylic acids is 1. The molecule has 5 heteroatoms. The number of benzene rings is 1. The average molecular weight is 250 g/mol. The van der Waals surface area contributed by atoms with Crippen LogP contribution in [0, 0.1) is 0 Å². The molecule has 5 nitrogen and oxygen atoms in total. The molecular weight excluding hydrogens is 232 g/mol. The van der Waals surface area contributed by atoms with E-state index >= 15 is 0 Å². The van der Waals surface area contributed by atoms with Gasteiger partial charge in [-0.3, -0.25) is 4.79 Å². The Balaban J connectivity index is 1.90. The van der Waals surface area contributed by atoms with E-state index in [-0.39, 0.29) is 18.1 Å². The van der Waals surface area contributed by atoms with Gasteiger partial charge in [0.25, 0.3) is 5.91 Å². The number of carbonyl (C=O) groups is 1. The molecule has 1 aliphatic rings. The summed E-state index contributed by atoms with van der Waals surface area (Å²) in [6, 6.07) is 7.19. The van der Waals surface area contributed by atoms with E-state index in [1.165, 1.54) is 0 Å². The SMILES string of the molecule is COc1ccc(NC(=O)[C@@H]2CC[C@H](CN)O2)cc1. The van der Waals surface area contributed by atoms with Crippen LogP contribution in [0.25, 0.3) is 0 Å². The van der Waals surface area contributed by atoms with Crippen molar-refractivity contribution in [2.24, 2.45) is 5.73 Å². The van der Waals surface area contributed by atoms with E-state index in [0.29, 0.717) is 6.54 Å². The molecule has 0 saturated carbocycles. The molecule has 3 N–H and O–H groups in total. The zero-order chi connectivity index (χ0) is 13.0. The molecule has 0 unspecified atom stereocenters. The molecular formula is C13H18N2O3. The number of amides is 1. The second-order valence-corrected chi connectivity index (χ2v) is 4.28. The molecule has 1 amide bonds. The summed E-state index contributed by atoms with van der Waals surface area (Å²) >= 11 is 0.